The van der Waals surface area contributed by atoms with Crippen molar-refractivity contribution < 1.29 is 0 Å². The average Bonchev–Trinajstić information content (AvgIpc) is 3.02. The second kappa shape index (κ2) is 6.22. The maximum atomic E-state index is 13.0. The average molecular weight is 326 g/mol. The molecule has 2 fully saturated rings. The lowest BCUT2D eigenvalue weighted by Crippen LogP contribution is -2.36. The summed E-state index contributed by atoms with van der Waals surface area (Å²) in [5.41, 5.74) is 3.03. The summed E-state index contributed by atoms with van der Waals surface area (Å²) in [4.78, 5) is 15.5. The molecule has 24 heavy (non-hydrogen) atoms. The fourth-order valence-corrected chi connectivity index (χ4v) is 4.19. The van der Waals surface area contributed by atoms with Gasteiger partial charge in [-0.3, -0.25) is 14.4 Å². The van der Waals surface area contributed by atoms with Crippen LogP contribution in [0.15, 0.2) is 35.1 Å². The Morgan fingerprint density at radius 1 is 1.12 bits per heavy atom. The first-order valence-electron chi connectivity index (χ1n) is 8.95. The van der Waals surface area contributed by atoms with Crippen molar-refractivity contribution in [1.29, 1.82) is 0 Å². The van der Waals surface area contributed by atoms with Crippen LogP contribution in [0.25, 0.3) is 5.69 Å². The van der Waals surface area contributed by atoms with E-state index < -0.39 is 0 Å². The maximum Gasteiger partial charge on any atom is 0.276 e. The predicted molar refractivity (Wildman–Crippen MR) is 95.6 cm³/mol. The number of rotatable bonds is 3. The first-order valence-corrected chi connectivity index (χ1v) is 8.95. The highest BCUT2D eigenvalue weighted by molar-refractivity contribution is 5.33. The van der Waals surface area contributed by atoms with Crippen LogP contribution in [0.1, 0.15) is 30.5 Å². The molecule has 2 aromatic rings. The number of nitrogens with one attached hydrogen (secondary N) is 1. The monoisotopic (exact) mass is 326 g/mol. The van der Waals surface area contributed by atoms with Crippen LogP contribution in [0.3, 0.4) is 0 Å². The summed E-state index contributed by atoms with van der Waals surface area (Å²) in [6.45, 7) is 4.94. The molecule has 1 aromatic carbocycles. The van der Waals surface area contributed by atoms with Gasteiger partial charge in [0.25, 0.3) is 5.56 Å². The number of para-hydroxylation sites is 1. The minimum atomic E-state index is 0.114. The quantitative estimate of drug-likeness (QED) is 0.935. The normalized spacial score (nSPS) is 24.2. The van der Waals surface area contributed by atoms with E-state index in [1.807, 2.05) is 42.1 Å². The summed E-state index contributed by atoms with van der Waals surface area (Å²) in [7, 11) is 1.97. The van der Waals surface area contributed by atoms with Gasteiger partial charge < -0.3 is 5.32 Å². The number of nitrogens with zero attached hydrogens (tertiary/aromatic N) is 3. The van der Waals surface area contributed by atoms with Gasteiger partial charge in [0.05, 0.1) is 11.3 Å². The third-order valence-corrected chi connectivity index (χ3v) is 5.66. The van der Waals surface area contributed by atoms with Gasteiger partial charge in [0.2, 0.25) is 0 Å². The van der Waals surface area contributed by atoms with Gasteiger partial charge in [-0.25, -0.2) is 4.68 Å². The van der Waals surface area contributed by atoms with Crippen LogP contribution in [0.5, 0.6) is 0 Å². The molecule has 2 aliphatic heterocycles. The van der Waals surface area contributed by atoms with E-state index in [9.17, 15) is 4.79 Å². The van der Waals surface area contributed by atoms with Crippen molar-refractivity contribution >= 4 is 0 Å². The van der Waals surface area contributed by atoms with Gasteiger partial charge in [0.1, 0.15) is 0 Å². The maximum absolute atomic E-state index is 13.0. The Morgan fingerprint density at radius 2 is 1.88 bits per heavy atom. The molecule has 0 saturated carbocycles. The number of aromatic nitrogens is 2. The van der Waals surface area contributed by atoms with Crippen LogP contribution in [0, 0.1) is 6.92 Å². The van der Waals surface area contributed by atoms with Crippen molar-refractivity contribution in [2.45, 2.75) is 44.8 Å². The number of likely N-dealkylation sites (tertiary alicyclic amines) is 1. The fourth-order valence-electron chi connectivity index (χ4n) is 4.19. The molecule has 0 aliphatic carbocycles. The van der Waals surface area contributed by atoms with E-state index in [0.29, 0.717) is 12.1 Å². The van der Waals surface area contributed by atoms with E-state index >= 15 is 0 Å². The molecule has 2 saturated heterocycles. The molecular weight excluding hydrogens is 300 g/mol. The Labute approximate surface area is 142 Å². The lowest BCUT2D eigenvalue weighted by atomic mass is 10.1. The Balaban J connectivity index is 1.63. The Morgan fingerprint density at radius 3 is 2.67 bits per heavy atom. The molecule has 3 heterocycles. The standard InChI is InChI=1S/C19H26N4O/c1-14-18(13-22-11-10-15-8-9-16(12-22)20-15)19(24)23(21(14)2)17-6-4-3-5-7-17/h3-7,15-16,20H,8-13H2,1-2H3/t15-,16+/m0/s1. The third-order valence-electron chi connectivity index (χ3n) is 5.66. The molecule has 2 bridgehead atoms. The van der Waals surface area contributed by atoms with Crippen LogP contribution in [0.2, 0.25) is 0 Å². The summed E-state index contributed by atoms with van der Waals surface area (Å²) < 4.78 is 3.77. The van der Waals surface area contributed by atoms with E-state index in [-0.39, 0.29) is 5.56 Å². The highest BCUT2D eigenvalue weighted by Gasteiger charge is 2.30. The van der Waals surface area contributed by atoms with E-state index in [2.05, 4.69) is 17.1 Å². The Hall–Kier alpha value is -1.85. The second-order valence-electron chi connectivity index (χ2n) is 7.20. The van der Waals surface area contributed by atoms with Gasteiger partial charge >= 0.3 is 0 Å². The van der Waals surface area contributed by atoms with Crippen molar-refractivity contribution in [3.8, 4) is 5.69 Å². The Bertz CT molecular complexity index is 777. The second-order valence-corrected chi connectivity index (χ2v) is 7.20. The zero-order valence-corrected chi connectivity index (χ0v) is 14.5. The minimum Gasteiger partial charge on any atom is -0.310 e. The molecule has 5 nitrogen and oxygen atoms in total. The molecular formula is C19H26N4O. The van der Waals surface area contributed by atoms with Crippen LogP contribution in [-0.4, -0.2) is 39.4 Å². The molecule has 2 atom stereocenters. The summed E-state index contributed by atoms with van der Waals surface area (Å²) in [6.07, 6.45) is 3.77. The van der Waals surface area contributed by atoms with E-state index in [1.54, 1.807) is 4.68 Å². The molecule has 0 amide bonds. The molecule has 128 valence electrons. The van der Waals surface area contributed by atoms with Gasteiger partial charge in [-0.1, -0.05) is 18.2 Å². The van der Waals surface area contributed by atoms with Gasteiger partial charge in [-0.05, 0) is 38.3 Å². The molecule has 0 radical (unpaired) electrons. The van der Waals surface area contributed by atoms with Gasteiger partial charge in [-0.2, -0.15) is 0 Å². The summed E-state index contributed by atoms with van der Waals surface area (Å²) in [5.74, 6) is 0. The molecule has 5 heteroatoms. The number of hydrogen-bond acceptors (Lipinski definition) is 3. The van der Waals surface area contributed by atoms with Crippen molar-refractivity contribution in [2.75, 3.05) is 13.1 Å². The van der Waals surface area contributed by atoms with Gasteiger partial charge in [-0.15, -0.1) is 0 Å². The minimum absolute atomic E-state index is 0.114. The summed E-state index contributed by atoms with van der Waals surface area (Å²) in [5, 5.41) is 3.71. The molecule has 4 rings (SSSR count). The van der Waals surface area contributed by atoms with E-state index in [1.165, 1.54) is 19.3 Å². The van der Waals surface area contributed by atoms with Gasteiger partial charge in [0.15, 0.2) is 0 Å². The van der Waals surface area contributed by atoms with Crippen LogP contribution < -0.4 is 10.9 Å². The van der Waals surface area contributed by atoms with Crippen molar-refractivity contribution in [3.63, 3.8) is 0 Å². The fraction of sp³-hybridized carbons (Fsp3) is 0.526. The topological polar surface area (TPSA) is 42.2 Å². The van der Waals surface area contributed by atoms with Crippen molar-refractivity contribution in [2.24, 2.45) is 7.05 Å². The van der Waals surface area contributed by atoms with Crippen molar-refractivity contribution in [1.82, 2.24) is 19.6 Å². The van der Waals surface area contributed by atoms with Gasteiger partial charge in [0, 0.05) is 44.5 Å². The zero-order chi connectivity index (χ0) is 16.7. The number of benzene rings is 1. The van der Waals surface area contributed by atoms with Crippen molar-refractivity contribution in [3.05, 3.63) is 51.9 Å². The highest BCUT2D eigenvalue weighted by Crippen LogP contribution is 2.22. The molecule has 0 unspecified atom stereocenters. The number of fused-ring (bicyclic) bond motifs is 2. The van der Waals surface area contributed by atoms with Crippen LogP contribution in [0.4, 0.5) is 0 Å². The lowest BCUT2D eigenvalue weighted by molar-refractivity contribution is 0.250. The summed E-state index contributed by atoms with van der Waals surface area (Å²) >= 11 is 0. The Kier molecular flexibility index (Phi) is 4.06. The van der Waals surface area contributed by atoms with Crippen LogP contribution in [-0.2, 0) is 13.6 Å². The number of hydrogen-bond donors (Lipinski definition) is 1. The van der Waals surface area contributed by atoms with Crippen LogP contribution >= 0.6 is 0 Å². The third kappa shape index (κ3) is 2.72. The molecule has 1 aromatic heterocycles. The first kappa shape index (κ1) is 15.7. The first-order chi connectivity index (χ1) is 11.6. The highest BCUT2D eigenvalue weighted by atomic mass is 16.1. The molecule has 1 N–H and O–H groups in total. The largest absolute Gasteiger partial charge is 0.310 e. The SMILES string of the molecule is Cc1c(CN2CC[C@@H]3CC[C@H](C2)N3)c(=O)n(-c2ccccc2)n1C. The molecule has 0 spiro atoms. The molecule has 2 aliphatic rings. The van der Waals surface area contributed by atoms with E-state index in [0.717, 1.165) is 36.6 Å². The zero-order valence-electron chi connectivity index (χ0n) is 14.5. The van der Waals surface area contributed by atoms with E-state index in [4.69, 9.17) is 0 Å². The lowest BCUT2D eigenvalue weighted by Gasteiger charge is -2.23. The predicted octanol–water partition coefficient (Wildman–Crippen LogP) is 1.81. The smallest absolute Gasteiger partial charge is 0.276 e. The summed E-state index contributed by atoms with van der Waals surface area (Å²) in [6, 6.07) is 11.2.